The molecule has 0 unspecified atom stereocenters. The molecule has 61 heavy (non-hydrogen) atoms. The third-order valence-electron chi connectivity index (χ3n) is 10.8. The highest BCUT2D eigenvalue weighted by molar-refractivity contribution is 7.31. The lowest BCUT2D eigenvalue weighted by molar-refractivity contribution is 0.304. The van der Waals surface area contributed by atoms with Crippen LogP contribution in [0.5, 0.6) is 0 Å². The van der Waals surface area contributed by atoms with Crippen molar-refractivity contribution in [2.24, 2.45) is 0 Å². The Morgan fingerprint density at radius 2 is 1.20 bits per heavy atom. The molecule has 0 radical (unpaired) electrons. The summed E-state index contributed by atoms with van der Waals surface area (Å²) < 4.78 is 0. The number of hydrogen-bond donors (Lipinski definition) is 2. The van der Waals surface area contributed by atoms with E-state index in [1.807, 2.05) is 38.4 Å². The molecule has 0 spiro atoms. The van der Waals surface area contributed by atoms with Crippen molar-refractivity contribution in [3.05, 3.63) is 122 Å². The molecular weight excluding hydrogens is 867 g/mol. The molecule has 2 aromatic carbocycles. The summed E-state index contributed by atoms with van der Waals surface area (Å²) in [5.41, 5.74) is 3.59. The molecular formula is C46H43N7O2S4Si2. The Labute approximate surface area is 375 Å². The molecule has 9 nitrogen and oxygen atoms in total. The van der Waals surface area contributed by atoms with Gasteiger partial charge in [0.25, 0.3) is 0 Å². The minimum absolute atomic E-state index is 0.147. The van der Waals surface area contributed by atoms with Gasteiger partial charge in [0.05, 0.1) is 60.5 Å². The van der Waals surface area contributed by atoms with E-state index in [0.717, 1.165) is 20.9 Å². The van der Waals surface area contributed by atoms with Crippen molar-refractivity contribution in [3.63, 3.8) is 0 Å². The molecule has 6 heterocycles. The average molecular weight is 910 g/mol. The molecule has 8 rings (SSSR count). The average Bonchev–Trinajstić information content (AvgIpc) is 4.11. The molecule has 0 amide bonds. The van der Waals surface area contributed by atoms with Crippen LogP contribution in [0.4, 0.5) is 15.7 Å². The van der Waals surface area contributed by atoms with Gasteiger partial charge in [0.15, 0.2) is 11.4 Å². The summed E-state index contributed by atoms with van der Waals surface area (Å²) in [5.74, 6) is 0. The fourth-order valence-electron chi connectivity index (χ4n) is 7.21. The normalized spacial score (nSPS) is 13.2. The lowest BCUT2D eigenvalue weighted by atomic mass is 10.1. The number of likely N-dealkylation sites (N-methyl/N-ethyl adjacent to an activating group) is 2. The van der Waals surface area contributed by atoms with E-state index in [1.54, 1.807) is 81.7 Å². The maximum absolute atomic E-state index is 9.27. The van der Waals surface area contributed by atoms with Crippen LogP contribution in [0.1, 0.15) is 26.4 Å². The van der Waals surface area contributed by atoms with Gasteiger partial charge in [0.1, 0.15) is 27.1 Å². The number of nitrogens with zero attached hydrogens (tertiary/aromatic N) is 7. The molecule has 2 aliphatic rings. The minimum Gasteiger partial charge on any atom is -0.395 e. The maximum atomic E-state index is 9.27. The zero-order valence-corrected chi connectivity index (χ0v) is 40.0. The second-order valence-electron chi connectivity index (χ2n) is 15.5. The standard InChI is InChI=1S/C23H21N3OS2Si.C14H16N2OS2Si.C9H6N2/c1-25-18(16-7-5-15(14-24)6-8-16)11-17-12-19-22(28-17)23-20(30(19,3)4)13-21(29-23)26(2)9-10-27;1-16(4-5-17)12-7-11-14(19-12)13-10(20(11,2)3)6-9(8-15)18-13;1-11-9-4-2-8(3-5-9)6-7-10/h5-8,11-13,27H,9-10H2,2-4H3;6-7,17H,4-5H2,1-3H3;2-5H,6H2/b18-11-;;. The molecule has 0 saturated heterocycles. The second-order valence-corrected chi connectivity index (χ2v) is 28.3. The first kappa shape index (κ1) is 44.9. The van der Waals surface area contributed by atoms with Crippen LogP contribution in [0.15, 0.2) is 72.8 Å². The van der Waals surface area contributed by atoms with Gasteiger partial charge in [0.2, 0.25) is 0 Å². The smallest absolute Gasteiger partial charge is 0.195 e. The molecule has 15 heteroatoms. The number of benzene rings is 2. The Kier molecular flexibility index (Phi) is 14.0. The Bertz CT molecular complexity index is 2820. The molecule has 0 aliphatic carbocycles. The minimum atomic E-state index is -1.77. The van der Waals surface area contributed by atoms with E-state index in [0.29, 0.717) is 36.5 Å². The van der Waals surface area contributed by atoms with Gasteiger partial charge >= 0.3 is 0 Å². The van der Waals surface area contributed by atoms with Crippen LogP contribution in [0.2, 0.25) is 26.2 Å². The topological polar surface area (TPSA) is 127 Å². The van der Waals surface area contributed by atoms with E-state index >= 15 is 0 Å². The van der Waals surface area contributed by atoms with Gasteiger partial charge in [-0.1, -0.05) is 62.6 Å². The predicted molar refractivity (Wildman–Crippen MR) is 262 cm³/mol. The van der Waals surface area contributed by atoms with Crippen LogP contribution >= 0.6 is 45.3 Å². The van der Waals surface area contributed by atoms with Gasteiger partial charge in [-0.25, -0.2) is 9.69 Å². The van der Waals surface area contributed by atoms with E-state index in [9.17, 15) is 5.11 Å². The van der Waals surface area contributed by atoms with Crippen molar-refractivity contribution >= 4 is 110 Å². The summed E-state index contributed by atoms with van der Waals surface area (Å²) in [6, 6.07) is 29.6. The zero-order chi connectivity index (χ0) is 44.1. The van der Waals surface area contributed by atoms with Crippen molar-refractivity contribution in [2.45, 2.75) is 32.6 Å². The maximum Gasteiger partial charge on any atom is 0.195 e. The summed E-state index contributed by atoms with van der Waals surface area (Å²) in [6.45, 7) is 25.4. The van der Waals surface area contributed by atoms with Crippen molar-refractivity contribution in [1.29, 1.82) is 15.8 Å². The number of thiophene rings is 4. The van der Waals surface area contributed by atoms with Crippen molar-refractivity contribution in [1.82, 2.24) is 0 Å². The molecule has 2 N–H and O–H groups in total. The highest BCUT2D eigenvalue weighted by atomic mass is 32.1. The molecule has 2 aliphatic heterocycles. The molecule has 306 valence electrons. The van der Waals surface area contributed by atoms with Crippen LogP contribution in [-0.2, 0) is 6.42 Å². The van der Waals surface area contributed by atoms with Crippen LogP contribution < -0.4 is 30.5 Å². The van der Waals surface area contributed by atoms with Crippen LogP contribution in [0.3, 0.4) is 0 Å². The summed E-state index contributed by atoms with van der Waals surface area (Å²) in [5, 5.41) is 53.0. The third kappa shape index (κ3) is 9.20. The van der Waals surface area contributed by atoms with E-state index in [1.165, 1.54) is 50.3 Å². The monoisotopic (exact) mass is 909 g/mol. The van der Waals surface area contributed by atoms with E-state index in [-0.39, 0.29) is 13.2 Å². The molecule has 0 saturated carbocycles. The van der Waals surface area contributed by atoms with Gasteiger partial charge in [-0.05, 0) is 74.3 Å². The molecule has 4 aromatic heterocycles. The van der Waals surface area contributed by atoms with Gasteiger partial charge in [-0.15, -0.1) is 45.3 Å². The largest absolute Gasteiger partial charge is 0.395 e. The third-order valence-corrected chi connectivity index (χ3v) is 23.5. The van der Waals surface area contributed by atoms with Gasteiger partial charge in [0, 0.05) is 51.6 Å². The van der Waals surface area contributed by atoms with Gasteiger partial charge in [-0.3, -0.25) is 0 Å². The zero-order valence-electron chi connectivity index (χ0n) is 34.7. The molecule has 6 aromatic rings. The van der Waals surface area contributed by atoms with Gasteiger partial charge < -0.3 is 20.0 Å². The summed E-state index contributed by atoms with van der Waals surface area (Å²) in [4.78, 5) is 18.5. The molecule has 0 bridgehead atoms. The van der Waals surface area contributed by atoms with Crippen LogP contribution in [0, 0.1) is 47.1 Å². The first-order valence-corrected chi connectivity index (χ1v) is 28.6. The lowest BCUT2D eigenvalue weighted by Crippen LogP contribution is -2.48. The van der Waals surface area contributed by atoms with Crippen LogP contribution in [0.25, 0.3) is 41.0 Å². The summed E-state index contributed by atoms with van der Waals surface area (Å²) >= 11 is 6.97. The van der Waals surface area contributed by atoms with Crippen molar-refractivity contribution in [2.75, 3.05) is 50.2 Å². The summed E-state index contributed by atoms with van der Waals surface area (Å²) in [6.07, 6.45) is 2.38. The first-order chi connectivity index (χ1) is 29.2. The fraction of sp³-hybridized carbons (Fsp3) is 0.239. The van der Waals surface area contributed by atoms with E-state index < -0.39 is 16.1 Å². The molecule has 0 atom stereocenters. The SMILES string of the molecule is CN(CCO)c1cc2c(s1)-c1sc(C#N)cc1[Si]2(C)C.[C-]#[N+]/C(=C\c1cc2c(s1)-c1sc(N(C)CCO)cc1[Si]2(C)C)c1ccc(C#N)cc1.[C-]#[N+]c1ccc(CC#N)cc1. The quantitative estimate of drug-likeness (QED) is 0.110. The first-order valence-electron chi connectivity index (χ1n) is 19.3. The summed E-state index contributed by atoms with van der Waals surface area (Å²) in [7, 11) is 0.621. The number of hydrogen-bond acceptors (Lipinski definition) is 11. The van der Waals surface area contributed by atoms with E-state index in [2.05, 4.69) is 82.1 Å². The number of nitriles is 3. The number of aliphatic hydroxyl groups is 2. The Morgan fingerprint density at radius 1 is 0.689 bits per heavy atom. The lowest BCUT2D eigenvalue weighted by Gasteiger charge is -2.18. The predicted octanol–water partition coefficient (Wildman–Crippen LogP) is 8.55. The Balaban J connectivity index is 0.000000172. The van der Waals surface area contributed by atoms with Crippen molar-refractivity contribution in [3.8, 4) is 37.7 Å². The Hall–Kier alpha value is -5.62. The fourth-order valence-corrected chi connectivity index (χ4v) is 21.3. The number of rotatable bonds is 9. The number of fused-ring (bicyclic) bond motifs is 6. The molecule has 0 fully saturated rings. The Morgan fingerprint density at radius 3 is 1.67 bits per heavy atom. The van der Waals surface area contributed by atoms with Crippen LogP contribution in [-0.4, -0.2) is 66.8 Å². The highest BCUT2D eigenvalue weighted by Gasteiger charge is 2.42. The van der Waals surface area contributed by atoms with Gasteiger partial charge in [-0.2, -0.15) is 15.8 Å². The van der Waals surface area contributed by atoms with E-state index in [4.69, 9.17) is 34.0 Å². The number of anilines is 2. The number of aliphatic hydroxyl groups excluding tert-OH is 2. The van der Waals surface area contributed by atoms with Crippen molar-refractivity contribution < 1.29 is 10.2 Å². The second kappa shape index (κ2) is 19.0. The highest BCUT2D eigenvalue weighted by Crippen LogP contribution is 2.43.